The fourth-order valence-corrected chi connectivity index (χ4v) is 2.78. The summed E-state index contributed by atoms with van der Waals surface area (Å²) in [6, 6.07) is 18.6. The molecule has 0 heterocycles. The summed E-state index contributed by atoms with van der Waals surface area (Å²) in [6.07, 6.45) is 1.18. The van der Waals surface area contributed by atoms with Gasteiger partial charge in [-0.3, -0.25) is 4.79 Å². The first-order valence-electron chi connectivity index (χ1n) is 9.29. The van der Waals surface area contributed by atoms with Gasteiger partial charge in [-0.05, 0) is 61.0 Å². The average Bonchev–Trinajstić information content (AvgIpc) is 2.76. The van der Waals surface area contributed by atoms with E-state index < -0.39 is 11.7 Å². The number of benzene rings is 3. The van der Waals surface area contributed by atoms with Gasteiger partial charge >= 0.3 is 0 Å². The summed E-state index contributed by atoms with van der Waals surface area (Å²) in [6.45, 7) is 2.90. The molecule has 3 aromatic rings. The molecular formula is C23H20ClFN2O3. The molecule has 0 saturated heterocycles. The molecule has 0 saturated carbocycles. The molecule has 5 nitrogen and oxygen atoms in total. The number of hydrogen-bond donors (Lipinski definition) is 1. The lowest BCUT2D eigenvalue weighted by Gasteiger charge is -2.08. The van der Waals surface area contributed by atoms with E-state index in [9.17, 15) is 9.18 Å². The molecule has 30 heavy (non-hydrogen) atoms. The summed E-state index contributed by atoms with van der Waals surface area (Å²) in [4.78, 5) is 12.2. The van der Waals surface area contributed by atoms with Crippen LogP contribution in [0.4, 0.5) is 4.39 Å². The van der Waals surface area contributed by atoms with Crippen LogP contribution in [-0.2, 0) is 6.61 Å². The molecule has 0 aromatic heterocycles. The maximum Gasteiger partial charge on any atom is 0.271 e. The van der Waals surface area contributed by atoms with Crippen molar-refractivity contribution in [3.05, 3.63) is 94.3 Å². The van der Waals surface area contributed by atoms with Gasteiger partial charge in [0.15, 0.2) is 0 Å². The van der Waals surface area contributed by atoms with Gasteiger partial charge in [-0.2, -0.15) is 5.10 Å². The lowest BCUT2D eigenvalue weighted by molar-refractivity contribution is 0.0955. The molecule has 1 N–H and O–H groups in total. The van der Waals surface area contributed by atoms with E-state index in [1.165, 1.54) is 18.3 Å². The Morgan fingerprint density at radius 2 is 1.70 bits per heavy atom. The number of hydrazone groups is 1. The molecule has 154 valence electrons. The zero-order valence-electron chi connectivity index (χ0n) is 16.3. The number of carbonyl (C=O) groups is 1. The third-order valence-corrected chi connectivity index (χ3v) is 4.45. The number of carbonyl (C=O) groups excluding carboxylic acids is 1. The van der Waals surface area contributed by atoms with Crippen LogP contribution in [0.1, 0.15) is 28.4 Å². The fraction of sp³-hybridized carbons (Fsp3) is 0.130. The quantitative estimate of drug-likeness (QED) is 0.397. The van der Waals surface area contributed by atoms with Crippen LogP contribution in [0.3, 0.4) is 0 Å². The molecule has 1 amide bonds. The second kappa shape index (κ2) is 10.4. The molecule has 0 atom stereocenters. The van der Waals surface area contributed by atoms with Crippen LogP contribution in [0.2, 0.25) is 5.02 Å². The predicted molar refractivity (Wildman–Crippen MR) is 115 cm³/mol. The molecular weight excluding hydrogens is 407 g/mol. The van der Waals surface area contributed by atoms with Gasteiger partial charge in [0.25, 0.3) is 5.91 Å². The predicted octanol–water partition coefficient (Wildman–Crippen LogP) is 5.22. The van der Waals surface area contributed by atoms with E-state index in [0.29, 0.717) is 18.8 Å². The van der Waals surface area contributed by atoms with Crippen molar-refractivity contribution >= 4 is 23.7 Å². The van der Waals surface area contributed by atoms with E-state index in [1.54, 1.807) is 30.3 Å². The highest BCUT2D eigenvalue weighted by atomic mass is 35.5. The maximum atomic E-state index is 13.7. The smallest absolute Gasteiger partial charge is 0.271 e. The number of amides is 1. The highest BCUT2D eigenvalue weighted by molar-refractivity contribution is 6.33. The van der Waals surface area contributed by atoms with Crippen molar-refractivity contribution in [1.82, 2.24) is 5.43 Å². The van der Waals surface area contributed by atoms with E-state index >= 15 is 0 Å². The third kappa shape index (κ3) is 5.81. The second-order valence-electron chi connectivity index (χ2n) is 6.22. The van der Waals surface area contributed by atoms with Crippen LogP contribution in [0.15, 0.2) is 71.8 Å². The molecule has 0 spiro atoms. The standard InChI is InChI=1S/C23H20ClFN2O3/c1-2-29-18-10-12-19(13-11-18)30-15-16-6-8-17(9-7-16)23(28)27-26-14-20-21(24)4-3-5-22(20)25/h3-14H,2,15H2,1H3,(H,27,28)/b26-14+. The van der Waals surface area contributed by atoms with Crippen LogP contribution in [0.5, 0.6) is 11.5 Å². The lowest BCUT2D eigenvalue weighted by Crippen LogP contribution is -2.17. The van der Waals surface area contributed by atoms with Gasteiger partial charge in [-0.1, -0.05) is 29.8 Å². The average molecular weight is 427 g/mol. The van der Waals surface area contributed by atoms with Gasteiger partial charge in [0.1, 0.15) is 23.9 Å². The first-order chi connectivity index (χ1) is 14.6. The van der Waals surface area contributed by atoms with Crippen LogP contribution in [0, 0.1) is 5.82 Å². The van der Waals surface area contributed by atoms with E-state index in [-0.39, 0.29) is 10.6 Å². The lowest BCUT2D eigenvalue weighted by atomic mass is 10.1. The molecule has 3 rings (SSSR count). The minimum absolute atomic E-state index is 0.112. The number of rotatable bonds is 8. The topological polar surface area (TPSA) is 59.9 Å². The normalized spacial score (nSPS) is 10.8. The Morgan fingerprint density at radius 1 is 1.03 bits per heavy atom. The fourth-order valence-electron chi connectivity index (χ4n) is 2.57. The van der Waals surface area contributed by atoms with Gasteiger partial charge in [-0.15, -0.1) is 0 Å². The summed E-state index contributed by atoms with van der Waals surface area (Å²) < 4.78 is 24.8. The first-order valence-corrected chi connectivity index (χ1v) is 9.66. The molecule has 0 unspecified atom stereocenters. The maximum absolute atomic E-state index is 13.7. The summed E-state index contributed by atoms with van der Waals surface area (Å²) in [5.41, 5.74) is 3.79. The Hall–Kier alpha value is -3.38. The van der Waals surface area contributed by atoms with Crippen molar-refractivity contribution in [1.29, 1.82) is 0 Å². The Morgan fingerprint density at radius 3 is 2.33 bits per heavy atom. The minimum atomic E-state index is -0.516. The molecule has 0 aliphatic heterocycles. The van der Waals surface area contributed by atoms with Crippen LogP contribution in [-0.4, -0.2) is 18.7 Å². The zero-order valence-corrected chi connectivity index (χ0v) is 17.0. The van der Waals surface area contributed by atoms with Crippen molar-refractivity contribution in [2.75, 3.05) is 6.61 Å². The Balaban J connectivity index is 1.53. The van der Waals surface area contributed by atoms with Crippen molar-refractivity contribution in [3.8, 4) is 11.5 Å². The summed E-state index contributed by atoms with van der Waals surface area (Å²) >= 11 is 5.91. The van der Waals surface area contributed by atoms with Crippen molar-refractivity contribution < 1.29 is 18.7 Å². The summed E-state index contributed by atoms with van der Waals surface area (Å²) in [7, 11) is 0. The molecule has 0 bridgehead atoms. The van der Waals surface area contributed by atoms with E-state index in [4.69, 9.17) is 21.1 Å². The minimum Gasteiger partial charge on any atom is -0.494 e. The molecule has 0 radical (unpaired) electrons. The molecule has 7 heteroatoms. The molecule has 3 aromatic carbocycles. The highest BCUT2D eigenvalue weighted by Crippen LogP contribution is 2.19. The monoisotopic (exact) mass is 426 g/mol. The number of nitrogens with zero attached hydrogens (tertiary/aromatic N) is 1. The molecule has 0 aliphatic carbocycles. The third-order valence-electron chi connectivity index (χ3n) is 4.12. The Labute approximate surface area is 179 Å². The zero-order chi connectivity index (χ0) is 21.3. The number of ether oxygens (including phenoxy) is 2. The highest BCUT2D eigenvalue weighted by Gasteiger charge is 2.06. The molecule has 0 aliphatic rings. The molecule has 0 fully saturated rings. The van der Waals surface area contributed by atoms with E-state index in [1.807, 2.05) is 31.2 Å². The van der Waals surface area contributed by atoms with E-state index in [0.717, 1.165) is 17.1 Å². The van der Waals surface area contributed by atoms with Crippen LogP contribution in [0.25, 0.3) is 0 Å². The Kier molecular flexibility index (Phi) is 7.40. The SMILES string of the molecule is CCOc1ccc(OCc2ccc(C(=O)N/N=C/c3c(F)cccc3Cl)cc2)cc1. The first kappa shape index (κ1) is 21.3. The van der Waals surface area contributed by atoms with Crippen molar-refractivity contribution in [2.24, 2.45) is 5.10 Å². The number of nitrogens with one attached hydrogen (secondary N) is 1. The van der Waals surface area contributed by atoms with Crippen LogP contribution >= 0.6 is 11.6 Å². The number of halogens is 2. The Bertz CT molecular complexity index is 1000. The van der Waals surface area contributed by atoms with Gasteiger partial charge in [-0.25, -0.2) is 9.82 Å². The van der Waals surface area contributed by atoms with Crippen molar-refractivity contribution in [3.63, 3.8) is 0 Å². The number of hydrogen-bond acceptors (Lipinski definition) is 4. The summed E-state index contributed by atoms with van der Waals surface area (Å²) in [5.74, 6) is 0.580. The van der Waals surface area contributed by atoms with Gasteiger partial charge in [0.2, 0.25) is 0 Å². The van der Waals surface area contributed by atoms with Gasteiger partial charge in [0, 0.05) is 11.1 Å². The van der Waals surface area contributed by atoms with Crippen molar-refractivity contribution in [2.45, 2.75) is 13.5 Å². The van der Waals surface area contributed by atoms with E-state index in [2.05, 4.69) is 10.5 Å². The largest absolute Gasteiger partial charge is 0.494 e. The van der Waals surface area contributed by atoms with Crippen LogP contribution < -0.4 is 14.9 Å². The van der Waals surface area contributed by atoms with Gasteiger partial charge in [0.05, 0.1) is 17.8 Å². The van der Waals surface area contributed by atoms with Gasteiger partial charge < -0.3 is 9.47 Å². The summed E-state index contributed by atoms with van der Waals surface area (Å²) in [5, 5.41) is 3.99. The second-order valence-corrected chi connectivity index (χ2v) is 6.63.